The number of nitrogens with one attached hydrogen (secondary N) is 1. The maximum Gasteiger partial charge on any atom is 0.264 e. The number of carbonyl (C=O) groups is 1. The molecule has 208 valence electrons. The van der Waals surface area contributed by atoms with Gasteiger partial charge in [0.15, 0.2) is 0 Å². The molecule has 4 aromatic rings. The van der Waals surface area contributed by atoms with Crippen molar-refractivity contribution in [3.63, 3.8) is 0 Å². The molecule has 0 fully saturated rings. The third-order valence-corrected chi connectivity index (χ3v) is 8.19. The zero-order chi connectivity index (χ0) is 28.5. The fourth-order valence-corrected chi connectivity index (χ4v) is 5.79. The molecule has 0 unspecified atom stereocenters. The Kier molecular flexibility index (Phi) is 9.45. The first-order chi connectivity index (χ1) is 19.3. The SMILES string of the molecule is COc1ccc(S(=O)(=O)N(Cc2ccccc2)c2ccccc2C(=O)NCCOc2ccccc2C(C)C)cc1. The molecule has 0 spiro atoms. The van der Waals surface area contributed by atoms with E-state index >= 15 is 0 Å². The fourth-order valence-electron chi connectivity index (χ4n) is 4.32. The smallest absolute Gasteiger partial charge is 0.264 e. The molecule has 40 heavy (non-hydrogen) atoms. The second-order valence-electron chi connectivity index (χ2n) is 9.49. The molecule has 0 saturated heterocycles. The Morgan fingerprint density at radius 2 is 1.50 bits per heavy atom. The van der Waals surface area contributed by atoms with Crippen LogP contribution in [-0.4, -0.2) is 34.6 Å². The van der Waals surface area contributed by atoms with Gasteiger partial charge in [-0.05, 0) is 59.5 Å². The molecular weight excluding hydrogens is 524 g/mol. The Morgan fingerprint density at radius 3 is 2.20 bits per heavy atom. The van der Waals surface area contributed by atoms with Gasteiger partial charge in [0.2, 0.25) is 0 Å². The van der Waals surface area contributed by atoms with E-state index in [0.29, 0.717) is 11.7 Å². The molecule has 0 aliphatic rings. The summed E-state index contributed by atoms with van der Waals surface area (Å²) in [5.41, 5.74) is 2.41. The zero-order valence-corrected chi connectivity index (χ0v) is 23.7. The standard InChI is InChI=1S/C32H34N2O5S/c1-24(2)28-13-8-10-16-31(28)39-22-21-33-32(35)29-14-7-9-15-30(29)34(23-25-11-5-4-6-12-25)40(36,37)27-19-17-26(38-3)18-20-27/h4-20,24H,21-23H2,1-3H3,(H,33,35). The number of rotatable bonds is 12. The van der Waals surface area contributed by atoms with Crippen LogP contribution in [-0.2, 0) is 16.6 Å². The van der Waals surface area contributed by atoms with Crippen LogP contribution in [0.1, 0.15) is 41.3 Å². The average Bonchev–Trinajstić information content (AvgIpc) is 2.98. The van der Waals surface area contributed by atoms with Gasteiger partial charge in [-0.1, -0.05) is 74.5 Å². The second kappa shape index (κ2) is 13.2. The first-order valence-corrected chi connectivity index (χ1v) is 14.5. The van der Waals surface area contributed by atoms with Gasteiger partial charge in [-0.15, -0.1) is 0 Å². The third-order valence-electron chi connectivity index (χ3n) is 6.42. The zero-order valence-electron chi connectivity index (χ0n) is 22.9. The van der Waals surface area contributed by atoms with Gasteiger partial charge in [-0.3, -0.25) is 9.10 Å². The summed E-state index contributed by atoms with van der Waals surface area (Å²) in [5, 5.41) is 2.88. The summed E-state index contributed by atoms with van der Waals surface area (Å²) in [7, 11) is -2.51. The fraction of sp³-hybridized carbons (Fsp3) is 0.219. The number of hydrogen-bond donors (Lipinski definition) is 1. The van der Waals surface area contributed by atoms with Crippen LogP contribution in [0.25, 0.3) is 0 Å². The van der Waals surface area contributed by atoms with Crippen LogP contribution in [0.15, 0.2) is 108 Å². The van der Waals surface area contributed by atoms with E-state index < -0.39 is 10.0 Å². The highest BCUT2D eigenvalue weighted by atomic mass is 32.2. The minimum absolute atomic E-state index is 0.0502. The van der Waals surface area contributed by atoms with E-state index in [1.54, 1.807) is 36.4 Å². The van der Waals surface area contributed by atoms with Crippen LogP contribution in [0.3, 0.4) is 0 Å². The number of carbonyl (C=O) groups excluding carboxylic acids is 1. The predicted octanol–water partition coefficient (Wildman–Crippen LogP) is 6.02. The van der Waals surface area contributed by atoms with Crippen molar-refractivity contribution in [1.82, 2.24) is 5.32 Å². The van der Waals surface area contributed by atoms with Gasteiger partial charge in [-0.2, -0.15) is 0 Å². The number of sulfonamides is 1. The Labute approximate surface area is 236 Å². The third kappa shape index (κ3) is 6.82. The van der Waals surface area contributed by atoms with Crippen molar-refractivity contribution in [3.05, 3.63) is 120 Å². The molecule has 0 radical (unpaired) electrons. The number of benzene rings is 4. The summed E-state index contributed by atoms with van der Waals surface area (Å²) in [4.78, 5) is 13.4. The van der Waals surface area contributed by atoms with Gasteiger partial charge in [0.25, 0.3) is 15.9 Å². The van der Waals surface area contributed by atoms with E-state index in [4.69, 9.17) is 9.47 Å². The first-order valence-electron chi connectivity index (χ1n) is 13.1. The molecule has 0 aromatic heterocycles. The summed E-state index contributed by atoms with van der Waals surface area (Å²) in [6.07, 6.45) is 0. The number of ether oxygens (including phenoxy) is 2. The minimum atomic E-state index is -4.03. The van der Waals surface area contributed by atoms with Crippen molar-refractivity contribution in [1.29, 1.82) is 0 Å². The van der Waals surface area contributed by atoms with E-state index in [2.05, 4.69) is 19.2 Å². The Balaban J connectivity index is 1.58. The minimum Gasteiger partial charge on any atom is -0.497 e. The maximum atomic E-state index is 13.9. The number of para-hydroxylation sites is 2. The van der Waals surface area contributed by atoms with E-state index in [1.165, 1.54) is 23.5 Å². The Hall–Kier alpha value is -4.30. The van der Waals surface area contributed by atoms with Crippen molar-refractivity contribution in [2.75, 3.05) is 24.6 Å². The Bertz CT molecular complexity index is 1520. The Morgan fingerprint density at radius 1 is 0.850 bits per heavy atom. The van der Waals surface area contributed by atoms with Crippen LogP contribution >= 0.6 is 0 Å². The summed E-state index contributed by atoms with van der Waals surface area (Å²) in [6, 6.07) is 30.0. The van der Waals surface area contributed by atoms with Gasteiger partial charge >= 0.3 is 0 Å². The van der Waals surface area contributed by atoms with Crippen molar-refractivity contribution >= 4 is 21.6 Å². The van der Waals surface area contributed by atoms with Crippen molar-refractivity contribution in [3.8, 4) is 11.5 Å². The molecule has 0 atom stereocenters. The molecule has 0 saturated carbocycles. The largest absolute Gasteiger partial charge is 0.497 e. The molecule has 0 aliphatic heterocycles. The molecule has 8 heteroatoms. The van der Waals surface area contributed by atoms with E-state index in [0.717, 1.165) is 16.9 Å². The van der Waals surface area contributed by atoms with Crippen LogP contribution in [0, 0.1) is 0 Å². The van der Waals surface area contributed by atoms with Gasteiger partial charge in [0.1, 0.15) is 18.1 Å². The lowest BCUT2D eigenvalue weighted by atomic mass is 10.0. The van der Waals surface area contributed by atoms with Gasteiger partial charge in [0.05, 0.1) is 36.3 Å². The molecule has 1 amide bonds. The van der Waals surface area contributed by atoms with E-state index in [1.807, 2.05) is 54.6 Å². The number of anilines is 1. The van der Waals surface area contributed by atoms with Crippen molar-refractivity contribution in [2.24, 2.45) is 0 Å². The number of amides is 1. The molecule has 4 rings (SSSR count). The maximum absolute atomic E-state index is 13.9. The summed E-state index contributed by atoms with van der Waals surface area (Å²) in [5.74, 6) is 1.25. The highest BCUT2D eigenvalue weighted by Gasteiger charge is 2.28. The lowest BCUT2D eigenvalue weighted by Gasteiger charge is -2.26. The van der Waals surface area contributed by atoms with Crippen LogP contribution in [0.4, 0.5) is 5.69 Å². The predicted molar refractivity (Wildman–Crippen MR) is 158 cm³/mol. The van der Waals surface area contributed by atoms with Crippen molar-refractivity contribution in [2.45, 2.75) is 31.2 Å². The quantitative estimate of drug-likeness (QED) is 0.215. The first kappa shape index (κ1) is 28.7. The van der Waals surface area contributed by atoms with Gasteiger partial charge in [-0.25, -0.2) is 8.42 Å². The normalized spacial score (nSPS) is 11.2. The van der Waals surface area contributed by atoms with Gasteiger partial charge in [0, 0.05) is 0 Å². The van der Waals surface area contributed by atoms with Gasteiger partial charge < -0.3 is 14.8 Å². The molecule has 0 heterocycles. The van der Waals surface area contributed by atoms with Crippen molar-refractivity contribution < 1.29 is 22.7 Å². The summed E-state index contributed by atoms with van der Waals surface area (Å²) < 4.78 is 40.3. The second-order valence-corrected chi connectivity index (χ2v) is 11.3. The van der Waals surface area contributed by atoms with E-state index in [-0.39, 0.29) is 41.7 Å². The number of nitrogens with zero attached hydrogens (tertiary/aromatic N) is 1. The highest BCUT2D eigenvalue weighted by molar-refractivity contribution is 7.92. The highest BCUT2D eigenvalue weighted by Crippen LogP contribution is 2.30. The number of hydrogen-bond acceptors (Lipinski definition) is 5. The topological polar surface area (TPSA) is 84.9 Å². The molecule has 0 aliphatic carbocycles. The molecule has 7 nitrogen and oxygen atoms in total. The number of methoxy groups -OCH3 is 1. The summed E-state index contributed by atoms with van der Waals surface area (Å²) in [6.45, 7) is 4.78. The molecule has 4 aromatic carbocycles. The molecule has 0 bridgehead atoms. The van der Waals surface area contributed by atoms with Crippen LogP contribution < -0.4 is 19.1 Å². The van der Waals surface area contributed by atoms with Crippen LogP contribution in [0.5, 0.6) is 11.5 Å². The molecular formula is C32H34N2O5S. The monoisotopic (exact) mass is 558 g/mol. The molecule has 1 N–H and O–H groups in total. The van der Waals surface area contributed by atoms with Crippen LogP contribution in [0.2, 0.25) is 0 Å². The lowest BCUT2D eigenvalue weighted by Crippen LogP contribution is -2.34. The summed E-state index contributed by atoms with van der Waals surface area (Å²) >= 11 is 0. The average molecular weight is 559 g/mol. The van der Waals surface area contributed by atoms with E-state index in [9.17, 15) is 13.2 Å². The lowest BCUT2D eigenvalue weighted by molar-refractivity contribution is 0.0947.